The Bertz CT molecular complexity index is 437. The summed E-state index contributed by atoms with van der Waals surface area (Å²) in [5.74, 6) is -1.43. The molecule has 0 aliphatic rings. The average Bonchev–Trinajstić information content (AvgIpc) is 2.07. The van der Waals surface area contributed by atoms with Gasteiger partial charge in [-0.2, -0.15) is 8.42 Å². The third kappa shape index (κ3) is 8.38. The molecule has 0 fully saturated rings. The summed E-state index contributed by atoms with van der Waals surface area (Å²) in [5, 5.41) is 11.0. The molecule has 0 heterocycles. The van der Waals surface area contributed by atoms with Crippen molar-refractivity contribution in [3.05, 3.63) is 0 Å². The van der Waals surface area contributed by atoms with E-state index in [0.29, 0.717) is 0 Å². The Balaban J connectivity index is 4.76. The fourth-order valence-electron chi connectivity index (χ4n) is 1.15. The van der Waals surface area contributed by atoms with Crippen molar-refractivity contribution in [3.63, 3.8) is 0 Å². The second-order valence-electron chi connectivity index (χ2n) is 4.97. The Labute approximate surface area is 112 Å². The van der Waals surface area contributed by atoms with Gasteiger partial charge in [0.1, 0.15) is 11.7 Å². The molecule has 2 atom stereocenters. The Morgan fingerprint density at radius 1 is 1.26 bits per heavy atom. The number of carboxylic acid groups (broad SMARTS) is 1. The van der Waals surface area contributed by atoms with Gasteiger partial charge in [-0.1, -0.05) is 0 Å². The lowest BCUT2D eigenvalue weighted by molar-refractivity contribution is -0.141. The van der Waals surface area contributed by atoms with E-state index >= 15 is 0 Å². The van der Waals surface area contributed by atoms with E-state index in [-0.39, 0.29) is 0 Å². The maximum absolute atomic E-state index is 11.4. The number of alkyl carbamates (subject to hydrolysis) is 1. The van der Waals surface area contributed by atoms with Gasteiger partial charge in [0.25, 0.3) is 10.1 Å². The number of carboxylic acids is 1. The van der Waals surface area contributed by atoms with Crippen molar-refractivity contribution >= 4 is 22.2 Å². The largest absolute Gasteiger partial charge is 0.480 e. The summed E-state index contributed by atoms with van der Waals surface area (Å²) in [7, 11) is -3.83. The molecule has 9 heteroatoms. The third-order valence-electron chi connectivity index (χ3n) is 1.73. The summed E-state index contributed by atoms with van der Waals surface area (Å²) < 4.78 is 31.2. The van der Waals surface area contributed by atoms with Crippen molar-refractivity contribution in [3.8, 4) is 0 Å². The lowest BCUT2D eigenvalue weighted by Crippen LogP contribution is -2.50. The van der Waals surface area contributed by atoms with E-state index in [1.54, 1.807) is 20.8 Å². The Kier molecular flexibility index (Phi) is 5.76. The van der Waals surface area contributed by atoms with Crippen LogP contribution in [0.1, 0.15) is 27.7 Å². The van der Waals surface area contributed by atoms with Gasteiger partial charge < -0.3 is 15.2 Å². The molecule has 19 heavy (non-hydrogen) atoms. The fraction of sp³-hybridized carbons (Fsp3) is 0.800. The molecule has 0 aliphatic heterocycles. The van der Waals surface area contributed by atoms with Crippen LogP contribution < -0.4 is 5.32 Å². The van der Waals surface area contributed by atoms with Crippen LogP contribution in [-0.4, -0.2) is 49.6 Å². The first-order valence-electron chi connectivity index (χ1n) is 5.42. The van der Waals surface area contributed by atoms with E-state index in [2.05, 4.69) is 4.18 Å². The summed E-state index contributed by atoms with van der Waals surface area (Å²) >= 11 is 0. The highest BCUT2D eigenvalue weighted by atomic mass is 32.2. The normalized spacial score (nSPS) is 15.4. The summed E-state index contributed by atoms with van der Waals surface area (Å²) in [6.07, 6.45) is -1.44. The van der Waals surface area contributed by atoms with Crippen LogP contribution in [0.5, 0.6) is 0 Å². The monoisotopic (exact) mass is 297 g/mol. The number of nitrogens with one attached hydrogen (secondary N) is 1. The minimum Gasteiger partial charge on any atom is -0.480 e. The molecule has 0 aromatic carbocycles. The standard InChI is InChI=1S/C10H19NO7S/c1-6(18-19(5,15)16)7(8(12)13)11-9(14)17-10(2,3)4/h6-7H,1-5H3,(H,11,14)(H,12,13). The topological polar surface area (TPSA) is 119 Å². The molecule has 0 saturated heterocycles. The first kappa shape index (κ1) is 17.6. The number of amides is 1. The molecule has 2 N–H and O–H groups in total. The van der Waals surface area contributed by atoms with Gasteiger partial charge in [-0.05, 0) is 27.7 Å². The average molecular weight is 297 g/mol. The summed E-state index contributed by atoms with van der Waals surface area (Å²) in [6, 6.07) is -1.54. The van der Waals surface area contributed by atoms with E-state index in [0.717, 1.165) is 6.26 Å². The molecule has 0 aliphatic carbocycles. The fourth-order valence-corrected chi connectivity index (χ4v) is 1.81. The van der Waals surface area contributed by atoms with Crippen LogP contribution in [0.2, 0.25) is 0 Å². The van der Waals surface area contributed by atoms with E-state index < -0.39 is 39.9 Å². The third-order valence-corrected chi connectivity index (χ3v) is 2.39. The highest BCUT2D eigenvalue weighted by Crippen LogP contribution is 2.09. The van der Waals surface area contributed by atoms with Crippen molar-refractivity contribution < 1.29 is 32.0 Å². The van der Waals surface area contributed by atoms with E-state index in [1.165, 1.54) is 6.92 Å². The van der Waals surface area contributed by atoms with Crippen LogP contribution in [-0.2, 0) is 23.8 Å². The van der Waals surface area contributed by atoms with Crippen LogP contribution in [0.4, 0.5) is 4.79 Å². The van der Waals surface area contributed by atoms with Gasteiger partial charge >= 0.3 is 12.1 Å². The minimum absolute atomic E-state index is 0.788. The summed E-state index contributed by atoms with van der Waals surface area (Å²) in [6.45, 7) is 6.05. The predicted molar refractivity (Wildman–Crippen MR) is 66.2 cm³/mol. The van der Waals surface area contributed by atoms with Crippen LogP contribution in [0.25, 0.3) is 0 Å². The van der Waals surface area contributed by atoms with Crippen molar-refractivity contribution in [2.24, 2.45) is 0 Å². The van der Waals surface area contributed by atoms with Crippen LogP contribution in [0.15, 0.2) is 0 Å². The van der Waals surface area contributed by atoms with Crippen molar-refractivity contribution in [1.82, 2.24) is 5.32 Å². The number of hydrogen-bond acceptors (Lipinski definition) is 6. The smallest absolute Gasteiger partial charge is 0.408 e. The number of aliphatic carboxylic acids is 1. The van der Waals surface area contributed by atoms with Crippen LogP contribution >= 0.6 is 0 Å². The summed E-state index contributed by atoms with van der Waals surface area (Å²) in [4.78, 5) is 22.4. The Morgan fingerprint density at radius 3 is 2.05 bits per heavy atom. The second-order valence-corrected chi connectivity index (χ2v) is 6.57. The summed E-state index contributed by atoms with van der Waals surface area (Å²) in [5.41, 5.74) is -0.798. The van der Waals surface area contributed by atoms with Crippen LogP contribution in [0.3, 0.4) is 0 Å². The van der Waals surface area contributed by atoms with Gasteiger partial charge in [-0.15, -0.1) is 0 Å². The predicted octanol–water partition coefficient (Wildman–Crippen LogP) is 0.329. The lowest BCUT2D eigenvalue weighted by Gasteiger charge is -2.24. The van der Waals surface area contributed by atoms with E-state index in [4.69, 9.17) is 9.84 Å². The Hall–Kier alpha value is -1.35. The highest BCUT2D eigenvalue weighted by molar-refractivity contribution is 7.86. The molecule has 0 rings (SSSR count). The van der Waals surface area contributed by atoms with E-state index in [1.807, 2.05) is 5.32 Å². The first-order valence-corrected chi connectivity index (χ1v) is 7.24. The maximum atomic E-state index is 11.4. The van der Waals surface area contributed by atoms with Gasteiger partial charge in [0, 0.05) is 0 Å². The molecular formula is C10H19NO7S. The molecule has 112 valence electrons. The molecule has 0 bridgehead atoms. The van der Waals surface area contributed by atoms with Crippen molar-refractivity contribution in [2.75, 3.05) is 6.26 Å². The number of carbonyl (C=O) groups excluding carboxylic acids is 1. The SMILES string of the molecule is CC(OS(C)(=O)=O)C(NC(=O)OC(C)(C)C)C(=O)O. The zero-order chi connectivity index (χ0) is 15.4. The molecular weight excluding hydrogens is 278 g/mol. The second kappa shape index (κ2) is 6.20. The maximum Gasteiger partial charge on any atom is 0.408 e. The highest BCUT2D eigenvalue weighted by Gasteiger charge is 2.31. The quantitative estimate of drug-likeness (QED) is 0.702. The number of hydrogen-bond donors (Lipinski definition) is 2. The van der Waals surface area contributed by atoms with Gasteiger partial charge in [-0.3, -0.25) is 4.18 Å². The molecule has 0 saturated carbocycles. The minimum atomic E-state index is -3.83. The van der Waals surface area contributed by atoms with Crippen molar-refractivity contribution in [1.29, 1.82) is 0 Å². The number of ether oxygens (including phenoxy) is 1. The number of rotatable bonds is 5. The lowest BCUT2D eigenvalue weighted by atomic mass is 10.2. The molecule has 2 unspecified atom stereocenters. The van der Waals surface area contributed by atoms with E-state index in [9.17, 15) is 18.0 Å². The number of carbonyl (C=O) groups is 2. The van der Waals surface area contributed by atoms with Gasteiger partial charge in [-0.25, -0.2) is 9.59 Å². The zero-order valence-corrected chi connectivity index (χ0v) is 12.3. The van der Waals surface area contributed by atoms with Gasteiger partial charge in [0.15, 0.2) is 6.04 Å². The molecule has 0 spiro atoms. The zero-order valence-electron chi connectivity index (χ0n) is 11.5. The Morgan fingerprint density at radius 2 is 1.74 bits per heavy atom. The van der Waals surface area contributed by atoms with Gasteiger partial charge in [0.2, 0.25) is 0 Å². The van der Waals surface area contributed by atoms with Crippen LogP contribution in [0, 0.1) is 0 Å². The molecule has 0 radical (unpaired) electrons. The van der Waals surface area contributed by atoms with Gasteiger partial charge in [0.05, 0.1) is 6.26 Å². The van der Waals surface area contributed by atoms with Crippen molar-refractivity contribution in [2.45, 2.75) is 45.4 Å². The molecule has 8 nitrogen and oxygen atoms in total. The first-order chi connectivity index (χ1) is 8.32. The molecule has 1 amide bonds. The molecule has 0 aromatic rings. The molecule has 0 aromatic heterocycles.